The molecule has 10 heteroatoms. The minimum atomic E-state index is -0.834. The lowest BCUT2D eigenvalue weighted by molar-refractivity contribution is -0.121. The molecule has 0 saturated heterocycles. The van der Waals surface area contributed by atoms with E-state index >= 15 is 0 Å². The molecule has 0 spiro atoms. The van der Waals surface area contributed by atoms with Gasteiger partial charge in [0.1, 0.15) is 28.5 Å². The summed E-state index contributed by atoms with van der Waals surface area (Å²) in [6, 6.07) is 18.6. The number of ether oxygens (including phenoxy) is 3. The predicted octanol–water partition coefficient (Wildman–Crippen LogP) is 6.68. The number of Topliss-reactive ketones (excluding diaryl/α,β-unsaturated/α-hetero) is 1. The molecule has 1 aromatic heterocycles. The van der Waals surface area contributed by atoms with E-state index < -0.39 is 17.5 Å². The number of carbonyl (C=O) groups is 4. The summed E-state index contributed by atoms with van der Waals surface area (Å²) < 4.78 is 17.1. The summed E-state index contributed by atoms with van der Waals surface area (Å²) in [7, 11) is 3.19. The van der Waals surface area contributed by atoms with Gasteiger partial charge in [-0.05, 0) is 75.7 Å². The molecule has 0 fully saturated rings. The first kappa shape index (κ1) is 30.5. The molecule has 0 bridgehead atoms. The van der Waals surface area contributed by atoms with Crippen molar-refractivity contribution in [3.05, 3.63) is 93.2 Å². The Morgan fingerprint density at radius 3 is 2.34 bits per heavy atom. The minimum absolute atomic E-state index is 0.111. The second-order valence-electron chi connectivity index (χ2n) is 11.0. The molecule has 4 aromatic rings. The van der Waals surface area contributed by atoms with Crippen molar-refractivity contribution in [2.24, 2.45) is 0 Å². The lowest BCUT2D eigenvalue weighted by atomic mass is 9.91. The molecule has 0 atom stereocenters. The highest BCUT2D eigenvalue weighted by molar-refractivity contribution is 7.13. The number of methoxy groups -OCH3 is 1. The zero-order valence-electron chi connectivity index (χ0n) is 25.3. The number of hydrogen-bond donors (Lipinski definition) is 1. The van der Waals surface area contributed by atoms with Crippen LogP contribution in [0.25, 0.3) is 11.1 Å². The van der Waals surface area contributed by atoms with Crippen LogP contribution in [-0.2, 0) is 16.1 Å². The number of anilines is 2. The average molecular weight is 613 g/mol. The summed E-state index contributed by atoms with van der Waals surface area (Å²) in [6.07, 6.45) is 0. The molecule has 0 saturated carbocycles. The number of aryl methyl sites for hydroxylation is 1. The Kier molecular flexibility index (Phi) is 8.29. The number of likely N-dealkylation sites (N-methyl/N-ethyl adjacent to an activating group) is 1. The average Bonchev–Trinajstić information content (AvgIpc) is 3.44. The van der Waals surface area contributed by atoms with Gasteiger partial charge in [-0.2, -0.15) is 0 Å². The summed E-state index contributed by atoms with van der Waals surface area (Å²) >= 11 is 1.34. The second kappa shape index (κ2) is 12.0. The predicted molar refractivity (Wildman–Crippen MR) is 169 cm³/mol. The van der Waals surface area contributed by atoms with E-state index in [0.717, 1.165) is 10.6 Å². The summed E-state index contributed by atoms with van der Waals surface area (Å²) in [5.41, 5.74) is 3.03. The fourth-order valence-electron chi connectivity index (χ4n) is 5.17. The summed E-state index contributed by atoms with van der Waals surface area (Å²) in [5.74, 6) is -0.763. The van der Waals surface area contributed by atoms with E-state index in [0.29, 0.717) is 38.6 Å². The van der Waals surface area contributed by atoms with Crippen LogP contribution in [0.15, 0.2) is 66.7 Å². The third-order valence-corrected chi connectivity index (χ3v) is 8.35. The Hall–Kier alpha value is -4.96. The molecule has 1 aliphatic rings. The van der Waals surface area contributed by atoms with E-state index in [-0.39, 0.29) is 29.6 Å². The van der Waals surface area contributed by atoms with E-state index in [1.807, 2.05) is 25.1 Å². The molecule has 0 aliphatic carbocycles. The number of benzene rings is 3. The van der Waals surface area contributed by atoms with Gasteiger partial charge in [0.2, 0.25) is 0 Å². The third-order valence-electron chi connectivity index (χ3n) is 7.37. The highest BCUT2D eigenvalue weighted by atomic mass is 32.1. The highest BCUT2D eigenvalue weighted by Crippen LogP contribution is 2.45. The van der Waals surface area contributed by atoms with Crippen molar-refractivity contribution in [2.75, 3.05) is 24.4 Å². The molecule has 44 heavy (non-hydrogen) atoms. The van der Waals surface area contributed by atoms with Crippen LogP contribution in [0.4, 0.5) is 11.4 Å². The topological polar surface area (TPSA) is 111 Å². The third kappa shape index (κ3) is 5.93. The molecule has 1 N–H and O–H groups in total. The molecule has 3 aromatic carbocycles. The SMILES string of the molecule is COc1cc(OC(=O)c2cccc(C(C)=O)c2)ccc1-c1ccc2c(c1COC(=O)c1ccc(C)s1)N(C)C(=O)C(C)(C)N2. The molecule has 2 heterocycles. The molecule has 1 aliphatic heterocycles. The quantitative estimate of drug-likeness (QED) is 0.133. The molecular weight excluding hydrogens is 580 g/mol. The Labute approximate surface area is 259 Å². The number of rotatable bonds is 8. The van der Waals surface area contributed by atoms with Gasteiger partial charge < -0.3 is 24.4 Å². The van der Waals surface area contributed by atoms with Crippen LogP contribution >= 0.6 is 11.3 Å². The first-order valence-electron chi connectivity index (χ1n) is 13.9. The first-order valence-corrected chi connectivity index (χ1v) is 14.7. The minimum Gasteiger partial charge on any atom is -0.496 e. The Morgan fingerprint density at radius 1 is 0.932 bits per heavy atom. The zero-order chi connectivity index (χ0) is 31.8. The molecule has 0 radical (unpaired) electrons. The van der Waals surface area contributed by atoms with E-state index in [4.69, 9.17) is 14.2 Å². The number of thiophene rings is 1. The number of nitrogens with one attached hydrogen (secondary N) is 1. The Balaban J connectivity index is 1.53. The maximum atomic E-state index is 13.3. The van der Waals surface area contributed by atoms with Gasteiger partial charge in [-0.25, -0.2) is 9.59 Å². The van der Waals surface area contributed by atoms with Gasteiger partial charge in [0.05, 0.1) is 24.0 Å². The van der Waals surface area contributed by atoms with Crippen LogP contribution in [0.1, 0.15) is 61.6 Å². The normalized spacial score (nSPS) is 13.5. The highest BCUT2D eigenvalue weighted by Gasteiger charge is 2.39. The maximum absolute atomic E-state index is 13.3. The van der Waals surface area contributed by atoms with Crippen molar-refractivity contribution in [2.45, 2.75) is 39.8 Å². The van der Waals surface area contributed by atoms with Gasteiger partial charge in [-0.15, -0.1) is 11.3 Å². The van der Waals surface area contributed by atoms with Crippen molar-refractivity contribution in [1.29, 1.82) is 0 Å². The Morgan fingerprint density at radius 2 is 1.66 bits per heavy atom. The summed E-state index contributed by atoms with van der Waals surface area (Å²) in [5, 5.41) is 3.30. The molecule has 226 valence electrons. The van der Waals surface area contributed by atoms with Gasteiger partial charge in [-0.3, -0.25) is 9.59 Å². The van der Waals surface area contributed by atoms with Crippen LogP contribution < -0.4 is 19.7 Å². The van der Waals surface area contributed by atoms with Crippen LogP contribution in [0.3, 0.4) is 0 Å². The van der Waals surface area contributed by atoms with Gasteiger partial charge in [0.25, 0.3) is 5.91 Å². The fraction of sp³-hybridized carbons (Fsp3) is 0.235. The number of fused-ring (bicyclic) bond motifs is 1. The molecule has 5 rings (SSSR count). The molecular formula is C34H32N2O7S. The smallest absolute Gasteiger partial charge is 0.348 e. The van der Waals surface area contributed by atoms with Crippen LogP contribution in [0.5, 0.6) is 11.5 Å². The van der Waals surface area contributed by atoms with Gasteiger partial charge >= 0.3 is 11.9 Å². The number of carbonyl (C=O) groups excluding carboxylic acids is 4. The standard InChI is InChI=1S/C34H32N2O7S/c1-19-10-15-29(44-19)32(39)42-18-26-24(13-14-27-30(26)36(5)33(40)34(3,4)35-27)25-12-11-23(17-28(25)41-6)43-31(38)22-9-7-8-21(16-22)20(2)37/h7-17,35H,18H2,1-6H3. The largest absolute Gasteiger partial charge is 0.496 e. The van der Waals surface area contributed by atoms with Crippen molar-refractivity contribution in [3.8, 4) is 22.6 Å². The van der Waals surface area contributed by atoms with E-state index in [1.54, 1.807) is 68.3 Å². The van der Waals surface area contributed by atoms with Crippen molar-refractivity contribution in [3.63, 3.8) is 0 Å². The number of hydrogen-bond acceptors (Lipinski definition) is 9. The zero-order valence-corrected chi connectivity index (χ0v) is 26.1. The second-order valence-corrected chi connectivity index (χ2v) is 12.3. The van der Waals surface area contributed by atoms with Gasteiger partial charge in [0, 0.05) is 34.7 Å². The van der Waals surface area contributed by atoms with Gasteiger partial charge in [0.15, 0.2) is 5.78 Å². The summed E-state index contributed by atoms with van der Waals surface area (Å²) in [4.78, 5) is 53.9. The molecule has 0 unspecified atom stereocenters. The van der Waals surface area contributed by atoms with Crippen LogP contribution in [0, 0.1) is 6.92 Å². The monoisotopic (exact) mass is 612 g/mol. The van der Waals surface area contributed by atoms with Crippen molar-refractivity contribution < 1.29 is 33.4 Å². The lowest BCUT2D eigenvalue weighted by Crippen LogP contribution is -2.52. The number of esters is 2. The fourth-order valence-corrected chi connectivity index (χ4v) is 5.93. The van der Waals surface area contributed by atoms with Gasteiger partial charge in [-0.1, -0.05) is 18.2 Å². The van der Waals surface area contributed by atoms with Crippen molar-refractivity contribution >= 4 is 46.3 Å². The van der Waals surface area contributed by atoms with E-state index in [9.17, 15) is 19.2 Å². The maximum Gasteiger partial charge on any atom is 0.348 e. The first-order chi connectivity index (χ1) is 20.9. The lowest BCUT2D eigenvalue weighted by Gasteiger charge is -2.39. The molecule has 1 amide bonds. The summed E-state index contributed by atoms with van der Waals surface area (Å²) in [6.45, 7) is 6.84. The van der Waals surface area contributed by atoms with Crippen molar-refractivity contribution in [1.82, 2.24) is 0 Å². The number of ketones is 1. The number of nitrogens with zero attached hydrogens (tertiary/aromatic N) is 1. The van der Waals surface area contributed by atoms with E-state index in [2.05, 4.69) is 5.32 Å². The van der Waals surface area contributed by atoms with E-state index in [1.165, 1.54) is 31.4 Å². The number of amides is 1. The Bertz CT molecular complexity index is 1810. The van der Waals surface area contributed by atoms with Crippen LogP contribution in [-0.4, -0.2) is 43.3 Å². The van der Waals surface area contributed by atoms with Crippen LogP contribution in [0.2, 0.25) is 0 Å². The molecule has 9 nitrogen and oxygen atoms in total.